The summed E-state index contributed by atoms with van der Waals surface area (Å²) in [5.74, 6) is -1.85. The standard InChI is InChI=1S/C13H14F3NO/c1-9(8-12(18)13(14,15)16)17-10(2)11-6-4-3-5-7-11/h3-8,10,17H,1-2H3/b9-8+. The van der Waals surface area contributed by atoms with Crippen molar-refractivity contribution in [1.29, 1.82) is 0 Å². The molecule has 0 saturated carbocycles. The van der Waals surface area contributed by atoms with Gasteiger partial charge in [-0.05, 0) is 19.4 Å². The number of allylic oxidation sites excluding steroid dienone is 2. The molecule has 0 aliphatic rings. The third kappa shape index (κ3) is 4.24. The molecule has 1 rings (SSSR count). The zero-order chi connectivity index (χ0) is 13.8. The van der Waals surface area contributed by atoms with E-state index in [1.54, 1.807) is 0 Å². The summed E-state index contributed by atoms with van der Waals surface area (Å²) in [7, 11) is 0. The molecule has 0 aromatic heterocycles. The van der Waals surface area contributed by atoms with Gasteiger partial charge < -0.3 is 5.32 Å². The lowest BCUT2D eigenvalue weighted by Crippen LogP contribution is -2.23. The van der Waals surface area contributed by atoms with E-state index in [1.807, 2.05) is 37.3 Å². The lowest BCUT2D eigenvalue weighted by molar-refractivity contribution is -0.165. The van der Waals surface area contributed by atoms with Crippen LogP contribution in [0.2, 0.25) is 0 Å². The summed E-state index contributed by atoms with van der Waals surface area (Å²) in [5.41, 5.74) is 1.12. The van der Waals surface area contributed by atoms with E-state index < -0.39 is 12.0 Å². The van der Waals surface area contributed by atoms with Gasteiger partial charge in [-0.15, -0.1) is 0 Å². The highest BCUT2D eigenvalue weighted by atomic mass is 19.4. The fourth-order valence-electron chi connectivity index (χ4n) is 1.49. The van der Waals surface area contributed by atoms with Crippen LogP contribution in [-0.2, 0) is 4.79 Å². The maximum Gasteiger partial charge on any atom is 0.454 e. The summed E-state index contributed by atoms with van der Waals surface area (Å²) >= 11 is 0. The van der Waals surface area contributed by atoms with E-state index in [2.05, 4.69) is 5.32 Å². The molecule has 0 spiro atoms. The number of benzene rings is 1. The molecule has 0 aliphatic heterocycles. The zero-order valence-electron chi connectivity index (χ0n) is 10.1. The number of hydrogen-bond donors (Lipinski definition) is 1. The molecule has 0 bridgehead atoms. The average molecular weight is 257 g/mol. The zero-order valence-corrected chi connectivity index (χ0v) is 10.1. The molecule has 0 heterocycles. The third-order valence-electron chi connectivity index (χ3n) is 2.37. The van der Waals surface area contributed by atoms with Crippen molar-refractivity contribution in [2.24, 2.45) is 0 Å². The van der Waals surface area contributed by atoms with Crippen LogP contribution in [0.5, 0.6) is 0 Å². The molecule has 0 radical (unpaired) electrons. The van der Waals surface area contributed by atoms with Crippen molar-refractivity contribution in [3.8, 4) is 0 Å². The van der Waals surface area contributed by atoms with Crippen molar-refractivity contribution in [1.82, 2.24) is 5.32 Å². The van der Waals surface area contributed by atoms with Gasteiger partial charge in [-0.1, -0.05) is 30.3 Å². The number of alkyl halides is 3. The van der Waals surface area contributed by atoms with E-state index >= 15 is 0 Å². The first kappa shape index (κ1) is 14.3. The van der Waals surface area contributed by atoms with Gasteiger partial charge in [-0.2, -0.15) is 13.2 Å². The van der Waals surface area contributed by atoms with Crippen molar-refractivity contribution in [3.63, 3.8) is 0 Å². The predicted molar refractivity (Wildman–Crippen MR) is 62.8 cm³/mol. The lowest BCUT2D eigenvalue weighted by Gasteiger charge is -2.16. The maximum atomic E-state index is 12.0. The molecule has 1 aromatic rings. The topological polar surface area (TPSA) is 29.1 Å². The monoisotopic (exact) mass is 257 g/mol. The van der Waals surface area contributed by atoms with Gasteiger partial charge >= 0.3 is 6.18 Å². The predicted octanol–water partition coefficient (Wildman–Crippen LogP) is 3.37. The van der Waals surface area contributed by atoms with Crippen molar-refractivity contribution in [3.05, 3.63) is 47.7 Å². The highest BCUT2D eigenvalue weighted by molar-refractivity contribution is 5.94. The maximum absolute atomic E-state index is 12.0. The van der Waals surface area contributed by atoms with E-state index in [9.17, 15) is 18.0 Å². The van der Waals surface area contributed by atoms with Gasteiger partial charge in [0.15, 0.2) is 0 Å². The molecule has 1 N–H and O–H groups in total. The van der Waals surface area contributed by atoms with Gasteiger partial charge in [0.05, 0.1) is 0 Å². The average Bonchev–Trinajstić information content (AvgIpc) is 2.28. The Labute approximate surface area is 104 Å². The molecule has 2 nitrogen and oxygen atoms in total. The molecule has 0 aliphatic carbocycles. The summed E-state index contributed by atoms with van der Waals surface area (Å²) in [6, 6.07) is 9.09. The fraction of sp³-hybridized carbons (Fsp3) is 0.308. The SMILES string of the molecule is C/C(=C\C(=O)C(F)(F)F)NC(C)c1ccccc1. The Morgan fingerprint density at radius 2 is 1.83 bits per heavy atom. The lowest BCUT2D eigenvalue weighted by atomic mass is 10.1. The Morgan fingerprint density at radius 1 is 1.28 bits per heavy atom. The first-order valence-corrected chi connectivity index (χ1v) is 5.41. The third-order valence-corrected chi connectivity index (χ3v) is 2.37. The van der Waals surface area contributed by atoms with E-state index in [0.717, 1.165) is 5.56 Å². The molecule has 1 atom stereocenters. The Morgan fingerprint density at radius 3 is 2.33 bits per heavy atom. The normalized spacial score (nSPS) is 14.2. The van der Waals surface area contributed by atoms with Crippen LogP contribution < -0.4 is 5.32 Å². The minimum Gasteiger partial charge on any atom is -0.382 e. The van der Waals surface area contributed by atoms with E-state index in [1.165, 1.54) is 6.92 Å². The molecular weight excluding hydrogens is 243 g/mol. The summed E-state index contributed by atoms with van der Waals surface area (Å²) in [6.07, 6.45) is -4.25. The van der Waals surface area contributed by atoms with Gasteiger partial charge in [-0.3, -0.25) is 4.79 Å². The molecule has 98 valence electrons. The molecule has 5 heteroatoms. The quantitative estimate of drug-likeness (QED) is 0.838. The second kappa shape index (κ2) is 5.71. The van der Waals surface area contributed by atoms with E-state index in [4.69, 9.17) is 0 Å². The van der Waals surface area contributed by atoms with Crippen LogP contribution in [0.15, 0.2) is 42.1 Å². The summed E-state index contributed by atoms with van der Waals surface area (Å²) in [5, 5.41) is 2.84. The first-order valence-electron chi connectivity index (χ1n) is 5.41. The first-order chi connectivity index (χ1) is 8.30. The van der Waals surface area contributed by atoms with Gasteiger partial charge in [0.2, 0.25) is 0 Å². The number of rotatable bonds is 4. The molecular formula is C13H14F3NO. The highest BCUT2D eigenvalue weighted by Gasteiger charge is 2.36. The summed E-state index contributed by atoms with van der Waals surface area (Å²) < 4.78 is 36.1. The van der Waals surface area contributed by atoms with Crippen molar-refractivity contribution < 1.29 is 18.0 Å². The molecule has 18 heavy (non-hydrogen) atoms. The Bertz CT molecular complexity index is 437. The van der Waals surface area contributed by atoms with Gasteiger partial charge in [0.1, 0.15) is 0 Å². The van der Waals surface area contributed by atoms with Crippen LogP contribution in [0, 0.1) is 0 Å². The number of hydrogen-bond acceptors (Lipinski definition) is 2. The second-order valence-corrected chi connectivity index (χ2v) is 3.97. The molecule has 0 amide bonds. The van der Waals surface area contributed by atoms with Crippen LogP contribution in [0.25, 0.3) is 0 Å². The summed E-state index contributed by atoms with van der Waals surface area (Å²) in [6.45, 7) is 3.24. The van der Waals surface area contributed by atoms with Crippen molar-refractivity contribution >= 4 is 5.78 Å². The van der Waals surface area contributed by atoms with Crippen LogP contribution in [-0.4, -0.2) is 12.0 Å². The number of carbonyl (C=O) groups is 1. The number of ketones is 1. The van der Waals surface area contributed by atoms with Crippen molar-refractivity contribution in [2.75, 3.05) is 0 Å². The smallest absolute Gasteiger partial charge is 0.382 e. The summed E-state index contributed by atoms with van der Waals surface area (Å²) in [4.78, 5) is 10.8. The largest absolute Gasteiger partial charge is 0.454 e. The van der Waals surface area contributed by atoms with Gasteiger partial charge in [0.25, 0.3) is 5.78 Å². The number of carbonyl (C=O) groups excluding carboxylic acids is 1. The molecule has 0 fully saturated rings. The van der Waals surface area contributed by atoms with Gasteiger partial charge in [-0.25, -0.2) is 0 Å². The van der Waals surface area contributed by atoms with Crippen LogP contribution >= 0.6 is 0 Å². The second-order valence-electron chi connectivity index (χ2n) is 3.97. The highest BCUT2D eigenvalue weighted by Crippen LogP contribution is 2.18. The van der Waals surface area contributed by atoms with Gasteiger partial charge in [0, 0.05) is 17.8 Å². The minimum absolute atomic E-state index is 0.163. The van der Waals surface area contributed by atoms with E-state index in [-0.39, 0.29) is 11.7 Å². The fourth-order valence-corrected chi connectivity index (χ4v) is 1.49. The Kier molecular flexibility index (Phi) is 4.53. The number of nitrogens with one attached hydrogen (secondary N) is 1. The Hall–Kier alpha value is -1.78. The van der Waals surface area contributed by atoms with E-state index in [0.29, 0.717) is 6.08 Å². The molecule has 1 unspecified atom stereocenters. The van der Waals surface area contributed by atoms with Crippen LogP contribution in [0.3, 0.4) is 0 Å². The van der Waals surface area contributed by atoms with Crippen LogP contribution in [0.1, 0.15) is 25.5 Å². The Balaban J connectivity index is 2.68. The molecule has 0 saturated heterocycles. The molecule has 1 aromatic carbocycles. The van der Waals surface area contributed by atoms with Crippen LogP contribution in [0.4, 0.5) is 13.2 Å². The number of halogens is 3. The minimum atomic E-state index is -4.82. The van der Waals surface area contributed by atoms with Crippen molar-refractivity contribution in [2.45, 2.75) is 26.1 Å².